The molecule has 0 bridgehead atoms. The fourth-order valence-corrected chi connectivity index (χ4v) is 3.85. The van der Waals surface area contributed by atoms with E-state index < -0.39 is 5.54 Å². The van der Waals surface area contributed by atoms with E-state index in [1.807, 2.05) is 31.2 Å². The third-order valence-electron chi connectivity index (χ3n) is 4.52. The number of benzene rings is 1. The predicted molar refractivity (Wildman–Crippen MR) is 88.7 cm³/mol. The van der Waals surface area contributed by atoms with Crippen LogP contribution >= 0.6 is 11.8 Å². The Morgan fingerprint density at radius 2 is 2.14 bits per heavy atom. The fraction of sp³-hybridized carbons (Fsp3) is 0.471. The first kappa shape index (κ1) is 16.7. The highest BCUT2D eigenvalue weighted by molar-refractivity contribution is 7.99. The van der Waals surface area contributed by atoms with Gasteiger partial charge in [0.05, 0.1) is 0 Å². The summed E-state index contributed by atoms with van der Waals surface area (Å²) in [5.74, 6) is 0.652. The zero-order chi connectivity index (χ0) is 16.0. The van der Waals surface area contributed by atoms with Crippen molar-refractivity contribution in [3.05, 3.63) is 52.1 Å². The van der Waals surface area contributed by atoms with Crippen LogP contribution in [-0.4, -0.2) is 22.5 Å². The lowest BCUT2D eigenvalue weighted by Crippen LogP contribution is -2.46. The van der Waals surface area contributed by atoms with Gasteiger partial charge < -0.3 is 4.79 Å². The Morgan fingerprint density at radius 3 is 2.68 bits per heavy atom. The van der Waals surface area contributed by atoms with Crippen molar-refractivity contribution in [1.82, 2.24) is 0 Å². The van der Waals surface area contributed by atoms with Gasteiger partial charge in [0.1, 0.15) is 6.29 Å². The van der Waals surface area contributed by atoms with Crippen LogP contribution in [0, 0.1) is 16.0 Å². The molecule has 0 unspecified atom stereocenters. The van der Waals surface area contributed by atoms with E-state index in [0.29, 0.717) is 12.8 Å². The molecule has 0 heterocycles. The van der Waals surface area contributed by atoms with Crippen LogP contribution in [0.3, 0.4) is 0 Å². The standard InChI is InChI=1S/C17H21NO3S/c1-14(9-12-19)17(18(20)21)10-7-15(8-11-17)13-22-16-5-3-2-4-6-16/h2-7,12,14H,8-11,13H2,1H3/t14-,17+/m1/s1. The van der Waals surface area contributed by atoms with E-state index in [0.717, 1.165) is 18.5 Å². The molecule has 1 aliphatic carbocycles. The van der Waals surface area contributed by atoms with Crippen molar-refractivity contribution in [3.63, 3.8) is 0 Å². The maximum Gasteiger partial charge on any atom is 0.228 e. The Balaban J connectivity index is 2.00. The summed E-state index contributed by atoms with van der Waals surface area (Å²) in [5, 5.41) is 11.5. The molecule has 0 amide bonds. The molecule has 0 aromatic heterocycles. The molecule has 22 heavy (non-hydrogen) atoms. The summed E-state index contributed by atoms with van der Waals surface area (Å²) in [6, 6.07) is 10.2. The van der Waals surface area contributed by atoms with Crippen molar-refractivity contribution in [2.75, 3.05) is 5.75 Å². The molecule has 0 N–H and O–H groups in total. The number of hydrogen-bond acceptors (Lipinski definition) is 4. The number of thioether (sulfide) groups is 1. The molecule has 0 aliphatic heterocycles. The van der Waals surface area contributed by atoms with Crippen molar-refractivity contribution in [2.45, 2.75) is 43.0 Å². The second-order valence-corrected chi connectivity index (χ2v) is 6.88. The van der Waals surface area contributed by atoms with Gasteiger partial charge >= 0.3 is 0 Å². The number of carbonyl (C=O) groups excluding carboxylic acids is 1. The van der Waals surface area contributed by atoms with Crippen LogP contribution in [0.2, 0.25) is 0 Å². The van der Waals surface area contributed by atoms with Crippen molar-refractivity contribution in [2.24, 2.45) is 5.92 Å². The molecule has 0 spiro atoms. The topological polar surface area (TPSA) is 60.2 Å². The van der Waals surface area contributed by atoms with Crippen molar-refractivity contribution in [1.29, 1.82) is 0 Å². The van der Waals surface area contributed by atoms with Crippen LogP contribution in [-0.2, 0) is 4.79 Å². The van der Waals surface area contributed by atoms with Crippen molar-refractivity contribution in [3.8, 4) is 0 Å². The van der Waals surface area contributed by atoms with Gasteiger partial charge in [-0.15, -0.1) is 11.8 Å². The number of hydrogen-bond donors (Lipinski definition) is 0. The van der Waals surface area contributed by atoms with Crippen LogP contribution in [0.15, 0.2) is 46.9 Å². The Morgan fingerprint density at radius 1 is 1.41 bits per heavy atom. The van der Waals surface area contributed by atoms with Crippen LogP contribution in [0.5, 0.6) is 0 Å². The van der Waals surface area contributed by atoms with Gasteiger partial charge in [-0.2, -0.15) is 0 Å². The molecule has 118 valence electrons. The third-order valence-corrected chi connectivity index (χ3v) is 5.64. The minimum Gasteiger partial charge on any atom is -0.303 e. The third kappa shape index (κ3) is 3.77. The van der Waals surface area contributed by atoms with Gasteiger partial charge in [0.25, 0.3) is 0 Å². The first-order valence-corrected chi connectivity index (χ1v) is 8.51. The van der Waals surface area contributed by atoms with E-state index in [1.165, 1.54) is 10.5 Å². The molecule has 0 fully saturated rings. The van der Waals surface area contributed by atoms with Crippen molar-refractivity contribution < 1.29 is 9.72 Å². The smallest absolute Gasteiger partial charge is 0.228 e. The lowest BCUT2D eigenvalue weighted by Gasteiger charge is -2.32. The van der Waals surface area contributed by atoms with Gasteiger partial charge in [-0.25, -0.2) is 0 Å². The molecular formula is C17H21NO3S. The largest absolute Gasteiger partial charge is 0.303 e. The van der Waals surface area contributed by atoms with E-state index in [-0.39, 0.29) is 17.3 Å². The zero-order valence-electron chi connectivity index (χ0n) is 12.7. The quantitative estimate of drug-likeness (QED) is 0.249. The van der Waals surface area contributed by atoms with E-state index in [1.54, 1.807) is 11.8 Å². The summed E-state index contributed by atoms with van der Waals surface area (Å²) < 4.78 is 0. The summed E-state index contributed by atoms with van der Waals surface area (Å²) in [6.07, 6.45) is 4.76. The molecule has 1 aliphatic rings. The van der Waals surface area contributed by atoms with E-state index in [2.05, 4.69) is 12.1 Å². The predicted octanol–water partition coefficient (Wildman–Crippen LogP) is 4.13. The van der Waals surface area contributed by atoms with Crippen molar-refractivity contribution >= 4 is 18.0 Å². The summed E-state index contributed by atoms with van der Waals surface area (Å²) in [7, 11) is 0. The molecule has 0 radical (unpaired) electrons. The van der Waals surface area contributed by atoms with Gasteiger partial charge in [0, 0.05) is 40.8 Å². The number of aldehydes is 1. The van der Waals surface area contributed by atoms with Gasteiger partial charge in [-0.05, 0) is 18.6 Å². The minimum atomic E-state index is -0.970. The van der Waals surface area contributed by atoms with Gasteiger partial charge in [0.15, 0.2) is 0 Å². The van der Waals surface area contributed by atoms with Crippen LogP contribution in [0.1, 0.15) is 32.6 Å². The second kappa shape index (κ2) is 7.58. The minimum absolute atomic E-state index is 0.168. The van der Waals surface area contributed by atoms with E-state index >= 15 is 0 Å². The maximum absolute atomic E-state index is 11.5. The summed E-state index contributed by atoms with van der Waals surface area (Å²) >= 11 is 1.76. The molecule has 5 heteroatoms. The monoisotopic (exact) mass is 319 g/mol. The molecule has 0 saturated heterocycles. The average molecular weight is 319 g/mol. The van der Waals surface area contributed by atoms with E-state index in [9.17, 15) is 14.9 Å². The molecule has 0 saturated carbocycles. The van der Waals surface area contributed by atoms with Crippen LogP contribution in [0.4, 0.5) is 0 Å². The number of nitro groups is 1. The molecular weight excluding hydrogens is 298 g/mol. The number of carbonyl (C=O) groups is 1. The number of rotatable bonds is 7. The second-order valence-electron chi connectivity index (χ2n) is 5.83. The van der Waals surface area contributed by atoms with Crippen LogP contribution < -0.4 is 0 Å². The SMILES string of the molecule is C[C@H](CC=O)[C@]1([N+](=O)[O-])CC=C(CSc2ccccc2)CC1. The lowest BCUT2D eigenvalue weighted by molar-refractivity contribution is -0.581. The highest BCUT2D eigenvalue weighted by Crippen LogP contribution is 2.38. The first-order valence-electron chi connectivity index (χ1n) is 7.52. The van der Waals surface area contributed by atoms with Gasteiger partial charge in [-0.1, -0.05) is 36.8 Å². The summed E-state index contributed by atoms with van der Waals surface area (Å²) in [6.45, 7) is 1.81. The fourth-order valence-electron chi connectivity index (χ4n) is 2.88. The summed E-state index contributed by atoms with van der Waals surface area (Å²) in [4.78, 5) is 23.3. The first-order chi connectivity index (χ1) is 10.6. The van der Waals surface area contributed by atoms with E-state index in [4.69, 9.17) is 0 Å². The Kier molecular flexibility index (Phi) is 5.77. The molecule has 1 aromatic carbocycles. The van der Waals surface area contributed by atoms with Crippen LogP contribution in [0.25, 0.3) is 0 Å². The molecule has 2 rings (SSSR count). The van der Waals surface area contributed by atoms with Gasteiger partial charge in [-0.3, -0.25) is 10.1 Å². The highest BCUT2D eigenvalue weighted by atomic mass is 32.2. The Labute approximate surface area is 135 Å². The molecule has 1 aromatic rings. The normalized spacial score (nSPS) is 22.7. The van der Waals surface area contributed by atoms with Gasteiger partial charge in [0.2, 0.25) is 5.54 Å². The average Bonchev–Trinajstić information content (AvgIpc) is 2.54. The lowest BCUT2D eigenvalue weighted by atomic mass is 9.74. The zero-order valence-corrected chi connectivity index (χ0v) is 13.6. The molecule has 4 nitrogen and oxygen atoms in total. The maximum atomic E-state index is 11.5. The Bertz CT molecular complexity index is 558. The number of nitrogens with zero attached hydrogens (tertiary/aromatic N) is 1. The highest BCUT2D eigenvalue weighted by Gasteiger charge is 2.48. The Hall–Kier alpha value is -1.62. The summed E-state index contributed by atoms with van der Waals surface area (Å²) in [5.41, 5.74) is 0.298. The molecule has 2 atom stereocenters.